The van der Waals surface area contributed by atoms with E-state index in [0.717, 1.165) is 0 Å². The van der Waals surface area contributed by atoms with Gasteiger partial charge in [0.15, 0.2) is 6.10 Å². The van der Waals surface area contributed by atoms with Crippen LogP contribution in [0.3, 0.4) is 0 Å². The van der Waals surface area contributed by atoms with Gasteiger partial charge in [-0.3, -0.25) is 10.1 Å². The second-order valence-corrected chi connectivity index (χ2v) is 11.1. The van der Waals surface area contributed by atoms with Crippen LogP contribution in [0.4, 0.5) is 5.69 Å². The van der Waals surface area contributed by atoms with Gasteiger partial charge in [0, 0.05) is 17.2 Å². The fourth-order valence-corrected chi connectivity index (χ4v) is 5.37. The normalized spacial score (nSPS) is 18.9. The van der Waals surface area contributed by atoms with E-state index in [1.165, 1.54) is 13.2 Å². The number of nitrogens with zero attached hydrogens (tertiary/aromatic N) is 1. The average molecular weight is 492 g/mol. The molecule has 4 rings (SSSR count). The minimum absolute atomic E-state index is 0.0882. The molecule has 0 N–H and O–H groups in total. The van der Waals surface area contributed by atoms with Crippen molar-refractivity contribution in [3.63, 3.8) is 0 Å². The van der Waals surface area contributed by atoms with Crippen LogP contribution in [0, 0.1) is 17.0 Å². The molecule has 2 aliphatic rings. The molecular weight excluding hydrogens is 466 g/mol. The molecule has 2 unspecified atom stereocenters. The second kappa shape index (κ2) is 8.24. The number of nitro groups is 1. The molecule has 0 aromatic heterocycles. The Bertz CT molecular complexity index is 1290. The maximum Gasteiger partial charge on any atom is 0.339 e. The highest BCUT2D eigenvalue weighted by molar-refractivity contribution is 7.87. The molecule has 0 fully saturated rings. The molecule has 0 saturated carbocycles. The van der Waals surface area contributed by atoms with Crippen molar-refractivity contribution >= 4 is 21.8 Å². The lowest BCUT2D eigenvalue weighted by Gasteiger charge is -2.29. The number of esters is 1. The van der Waals surface area contributed by atoms with Gasteiger partial charge in [-0.2, -0.15) is 8.42 Å². The van der Waals surface area contributed by atoms with E-state index in [9.17, 15) is 23.3 Å². The Kier molecular flexibility index (Phi) is 5.81. The molecule has 2 aliphatic heterocycles. The molecule has 0 spiro atoms. The number of hydrogen-bond donors (Lipinski definition) is 0. The van der Waals surface area contributed by atoms with Gasteiger partial charge in [0.25, 0.3) is 0 Å². The highest BCUT2D eigenvalue weighted by Gasteiger charge is 2.41. The Hall–Kier alpha value is -3.18. The van der Waals surface area contributed by atoms with Crippen LogP contribution >= 0.6 is 0 Å². The van der Waals surface area contributed by atoms with Gasteiger partial charge in [-0.1, -0.05) is 6.07 Å². The van der Waals surface area contributed by atoms with Crippen molar-refractivity contribution in [2.45, 2.75) is 51.1 Å². The maximum absolute atomic E-state index is 13.2. The molecule has 3 bridgehead atoms. The molecule has 2 heterocycles. The third-order valence-electron chi connectivity index (χ3n) is 5.68. The van der Waals surface area contributed by atoms with E-state index >= 15 is 0 Å². The summed E-state index contributed by atoms with van der Waals surface area (Å²) in [6.07, 6.45) is -1.17. The summed E-state index contributed by atoms with van der Waals surface area (Å²) in [4.78, 5) is 24.2. The van der Waals surface area contributed by atoms with E-state index in [-0.39, 0.29) is 24.2 Å². The smallest absolute Gasteiger partial charge is 0.339 e. The zero-order chi connectivity index (χ0) is 25.0. The minimum Gasteiger partial charge on any atom is -0.492 e. The fourth-order valence-electron chi connectivity index (χ4n) is 4.22. The molecule has 34 heavy (non-hydrogen) atoms. The fraction of sp³-hybridized carbons (Fsp3) is 0.435. The lowest BCUT2D eigenvalue weighted by molar-refractivity contribution is -0.385. The zero-order valence-electron chi connectivity index (χ0n) is 19.4. The van der Waals surface area contributed by atoms with Gasteiger partial charge in [-0.25, -0.2) is 4.79 Å². The molecule has 10 nitrogen and oxygen atoms in total. The predicted molar refractivity (Wildman–Crippen MR) is 121 cm³/mol. The number of fused-ring (bicyclic) bond motifs is 4. The van der Waals surface area contributed by atoms with E-state index < -0.39 is 49.4 Å². The van der Waals surface area contributed by atoms with Crippen molar-refractivity contribution in [1.82, 2.24) is 0 Å². The monoisotopic (exact) mass is 491 g/mol. The second-order valence-electron chi connectivity index (χ2n) is 9.26. The SMILES string of the molecule is COC(=O)C(OC(C)(C)C)c1c(C)cc([N+](=O)[O-])c2c1-c1ccc3c(c1)CC(CO3)S(=O)(=O)O2. The summed E-state index contributed by atoms with van der Waals surface area (Å²) >= 11 is 0. The van der Waals surface area contributed by atoms with E-state index in [1.54, 1.807) is 45.9 Å². The Balaban J connectivity index is 2.13. The minimum atomic E-state index is -4.32. The van der Waals surface area contributed by atoms with Crippen LogP contribution < -0.4 is 8.92 Å². The summed E-state index contributed by atoms with van der Waals surface area (Å²) in [7, 11) is -3.12. The predicted octanol–water partition coefficient (Wildman–Crippen LogP) is 3.63. The van der Waals surface area contributed by atoms with Gasteiger partial charge >= 0.3 is 21.8 Å². The van der Waals surface area contributed by atoms with Gasteiger partial charge in [-0.05, 0) is 62.9 Å². The number of hydrogen-bond acceptors (Lipinski definition) is 9. The van der Waals surface area contributed by atoms with Crippen LogP contribution in [-0.2, 0) is 30.8 Å². The summed E-state index contributed by atoms with van der Waals surface area (Å²) in [6.45, 7) is 6.68. The van der Waals surface area contributed by atoms with Crippen molar-refractivity contribution in [3.8, 4) is 22.6 Å². The Morgan fingerprint density at radius 2 is 1.97 bits per heavy atom. The first kappa shape index (κ1) is 24.0. The van der Waals surface area contributed by atoms with Crippen LogP contribution in [0.25, 0.3) is 11.1 Å². The summed E-state index contributed by atoms with van der Waals surface area (Å²) in [6, 6.07) is 6.22. The first-order valence-electron chi connectivity index (χ1n) is 10.6. The van der Waals surface area contributed by atoms with Gasteiger partial charge in [0.1, 0.15) is 17.6 Å². The molecule has 0 radical (unpaired) electrons. The number of rotatable bonds is 4. The van der Waals surface area contributed by atoms with Crippen LogP contribution in [0.15, 0.2) is 24.3 Å². The number of methoxy groups -OCH3 is 1. The van der Waals surface area contributed by atoms with Gasteiger partial charge in [0.05, 0.1) is 17.6 Å². The molecular formula is C23H25NO9S. The van der Waals surface area contributed by atoms with Crippen molar-refractivity contribution in [3.05, 3.63) is 51.1 Å². The summed E-state index contributed by atoms with van der Waals surface area (Å²) in [5, 5.41) is 10.9. The number of ether oxygens (including phenoxy) is 3. The first-order valence-corrected chi connectivity index (χ1v) is 12.1. The largest absolute Gasteiger partial charge is 0.492 e. The van der Waals surface area contributed by atoms with Crippen molar-refractivity contribution < 1.29 is 36.5 Å². The summed E-state index contributed by atoms with van der Waals surface area (Å²) in [5.41, 5.74) is 0.380. The number of aryl methyl sites for hydroxylation is 1. The lowest BCUT2D eigenvalue weighted by Crippen LogP contribution is -2.36. The summed E-state index contributed by atoms with van der Waals surface area (Å²) in [5.74, 6) is -0.679. The molecule has 0 amide bonds. The van der Waals surface area contributed by atoms with Crippen LogP contribution in [0.1, 0.15) is 43.6 Å². The Morgan fingerprint density at radius 1 is 1.26 bits per heavy atom. The zero-order valence-corrected chi connectivity index (χ0v) is 20.2. The molecule has 11 heteroatoms. The Labute approximate surface area is 197 Å². The van der Waals surface area contributed by atoms with Crippen molar-refractivity contribution in [1.29, 1.82) is 0 Å². The van der Waals surface area contributed by atoms with Crippen molar-refractivity contribution in [2.75, 3.05) is 13.7 Å². The molecule has 2 aromatic rings. The number of carbonyl (C=O) groups excluding carboxylic acids is 1. The maximum atomic E-state index is 13.2. The van der Waals surface area contributed by atoms with E-state index in [2.05, 4.69) is 0 Å². The number of benzene rings is 2. The first-order chi connectivity index (χ1) is 15.8. The van der Waals surface area contributed by atoms with Gasteiger partial charge < -0.3 is 18.4 Å². The quantitative estimate of drug-likeness (QED) is 0.272. The molecule has 2 atom stereocenters. The highest BCUT2D eigenvalue weighted by Crippen LogP contribution is 2.49. The van der Waals surface area contributed by atoms with E-state index in [4.69, 9.17) is 18.4 Å². The van der Waals surface area contributed by atoms with E-state index in [0.29, 0.717) is 22.4 Å². The van der Waals surface area contributed by atoms with E-state index in [1.807, 2.05) is 0 Å². The van der Waals surface area contributed by atoms with Crippen LogP contribution in [-0.4, -0.2) is 43.9 Å². The highest BCUT2D eigenvalue weighted by atomic mass is 32.2. The third kappa shape index (κ3) is 4.21. The van der Waals surface area contributed by atoms with Crippen molar-refractivity contribution in [2.24, 2.45) is 0 Å². The third-order valence-corrected chi connectivity index (χ3v) is 7.20. The number of nitro benzene ring substituents is 1. The van der Waals surface area contributed by atoms with Crippen LogP contribution in [0.5, 0.6) is 11.5 Å². The Morgan fingerprint density at radius 3 is 2.59 bits per heavy atom. The molecule has 0 saturated heterocycles. The van der Waals surface area contributed by atoms with Gasteiger partial charge in [-0.15, -0.1) is 0 Å². The average Bonchev–Trinajstić information content (AvgIpc) is 2.76. The molecule has 2 aromatic carbocycles. The van der Waals surface area contributed by atoms with Gasteiger partial charge in [0.2, 0.25) is 5.75 Å². The summed E-state index contributed by atoms with van der Waals surface area (Å²) < 4.78 is 48.4. The van der Waals surface area contributed by atoms with Crippen LogP contribution in [0.2, 0.25) is 0 Å². The lowest BCUT2D eigenvalue weighted by atomic mass is 9.88. The topological polar surface area (TPSA) is 131 Å². The molecule has 0 aliphatic carbocycles. The standard InChI is InChI=1S/C23H25NO9S/c1-12-8-16(24(26)27)20-19(18(12)21(22(25)30-5)32-23(2,3)4)13-6-7-17-14(9-13)10-15(11-31-17)34(28,29)33-20/h6-9,15,21H,10-11H2,1-5H3. The number of carbonyl (C=O) groups is 1. The molecule has 182 valence electrons.